The number of benzene rings is 1. The number of sulfonamides is 1. The fourth-order valence-electron chi connectivity index (χ4n) is 2.05. The number of carboxylic acid groups (broad SMARTS) is 1. The lowest BCUT2D eigenvalue weighted by atomic mass is 10.2. The summed E-state index contributed by atoms with van der Waals surface area (Å²) in [4.78, 5) is 10.9. The van der Waals surface area contributed by atoms with E-state index in [2.05, 4.69) is 4.72 Å². The first-order valence-corrected chi connectivity index (χ1v) is 7.48. The van der Waals surface area contributed by atoms with E-state index in [9.17, 15) is 13.2 Å². The lowest BCUT2D eigenvalue weighted by Crippen LogP contribution is -2.28. The van der Waals surface area contributed by atoms with Gasteiger partial charge in [-0.15, -0.1) is 0 Å². The summed E-state index contributed by atoms with van der Waals surface area (Å²) >= 11 is 0. The van der Waals surface area contributed by atoms with Crippen LogP contribution in [0.3, 0.4) is 0 Å². The van der Waals surface area contributed by atoms with E-state index in [0.717, 1.165) is 18.9 Å². The molecule has 2 rings (SSSR count). The van der Waals surface area contributed by atoms with Crippen LogP contribution in [0.25, 0.3) is 0 Å². The molecule has 0 aliphatic heterocycles. The van der Waals surface area contributed by atoms with Gasteiger partial charge in [0.1, 0.15) is 0 Å². The molecule has 1 aromatic carbocycles. The number of nitrogen functional groups attached to an aromatic ring is 1. The minimum atomic E-state index is -3.82. The Labute approximate surface area is 111 Å². The van der Waals surface area contributed by atoms with E-state index in [0.29, 0.717) is 5.92 Å². The second-order valence-electron chi connectivity index (χ2n) is 4.69. The Bertz CT molecular complexity index is 612. The molecule has 0 aromatic heterocycles. The van der Waals surface area contributed by atoms with Crippen LogP contribution in [0.15, 0.2) is 23.1 Å². The molecule has 7 heteroatoms. The number of hydrogen-bond acceptors (Lipinski definition) is 4. The van der Waals surface area contributed by atoms with Gasteiger partial charge in [0.05, 0.1) is 10.5 Å². The number of carboxylic acids is 1. The van der Waals surface area contributed by atoms with Crippen molar-refractivity contribution in [3.63, 3.8) is 0 Å². The number of rotatable bonds is 5. The number of anilines is 1. The molecule has 1 aliphatic rings. The third-order valence-corrected chi connectivity index (χ3v) is 4.83. The second-order valence-corrected chi connectivity index (χ2v) is 6.37. The van der Waals surface area contributed by atoms with Gasteiger partial charge in [-0.1, -0.05) is 13.3 Å². The second kappa shape index (κ2) is 4.82. The smallest absolute Gasteiger partial charge is 0.337 e. The van der Waals surface area contributed by atoms with E-state index in [1.807, 2.05) is 6.92 Å². The zero-order chi connectivity index (χ0) is 14.2. The van der Waals surface area contributed by atoms with Crippen molar-refractivity contribution in [2.75, 3.05) is 5.73 Å². The zero-order valence-electron chi connectivity index (χ0n) is 10.5. The summed E-state index contributed by atoms with van der Waals surface area (Å²) < 4.78 is 26.9. The molecule has 0 amide bonds. The number of nitrogens with two attached hydrogens (primary N) is 1. The third kappa shape index (κ3) is 2.87. The van der Waals surface area contributed by atoms with Gasteiger partial charge in [0.15, 0.2) is 0 Å². The normalized spacial score (nSPS) is 22.2. The Kier molecular flexibility index (Phi) is 3.51. The molecule has 0 spiro atoms. The first kappa shape index (κ1) is 13.8. The van der Waals surface area contributed by atoms with Gasteiger partial charge in [0.2, 0.25) is 10.0 Å². The topological polar surface area (TPSA) is 109 Å². The molecule has 2 unspecified atom stereocenters. The van der Waals surface area contributed by atoms with Gasteiger partial charge in [-0.05, 0) is 30.5 Å². The van der Waals surface area contributed by atoms with Crippen molar-refractivity contribution in [1.82, 2.24) is 4.72 Å². The Morgan fingerprint density at radius 3 is 2.74 bits per heavy atom. The van der Waals surface area contributed by atoms with Crippen molar-refractivity contribution < 1.29 is 18.3 Å². The maximum absolute atomic E-state index is 12.2. The fraction of sp³-hybridized carbons (Fsp3) is 0.417. The Morgan fingerprint density at radius 2 is 2.21 bits per heavy atom. The Balaban J connectivity index is 2.32. The van der Waals surface area contributed by atoms with Crippen molar-refractivity contribution >= 4 is 21.7 Å². The standard InChI is InChI=1S/C12H16N2O4S/c1-2-7-5-10(7)14-19(17,18)11-4-3-8(13)6-9(11)12(15)16/h3-4,6-7,10,14H,2,5,13H2,1H3,(H,15,16). The third-order valence-electron chi connectivity index (χ3n) is 3.28. The number of carbonyl (C=O) groups is 1. The van der Waals surface area contributed by atoms with Gasteiger partial charge in [0, 0.05) is 11.7 Å². The van der Waals surface area contributed by atoms with E-state index in [4.69, 9.17) is 10.8 Å². The van der Waals surface area contributed by atoms with Crippen LogP contribution in [-0.2, 0) is 10.0 Å². The van der Waals surface area contributed by atoms with E-state index < -0.39 is 16.0 Å². The van der Waals surface area contributed by atoms with Crippen LogP contribution >= 0.6 is 0 Å². The fourth-order valence-corrected chi connectivity index (χ4v) is 3.55. The van der Waals surface area contributed by atoms with Crippen LogP contribution in [-0.4, -0.2) is 25.5 Å². The highest BCUT2D eigenvalue weighted by Crippen LogP contribution is 2.34. The van der Waals surface area contributed by atoms with Crippen LogP contribution in [0, 0.1) is 5.92 Å². The first-order valence-electron chi connectivity index (χ1n) is 6.00. The number of hydrogen-bond donors (Lipinski definition) is 3. The predicted molar refractivity (Wildman–Crippen MR) is 70.3 cm³/mol. The molecule has 0 radical (unpaired) electrons. The Morgan fingerprint density at radius 1 is 1.53 bits per heavy atom. The highest BCUT2D eigenvalue weighted by molar-refractivity contribution is 7.89. The van der Waals surface area contributed by atoms with Gasteiger partial charge >= 0.3 is 5.97 Å². The molecule has 4 N–H and O–H groups in total. The average Bonchev–Trinajstić information content (AvgIpc) is 3.06. The van der Waals surface area contributed by atoms with Gasteiger partial charge < -0.3 is 10.8 Å². The first-order chi connectivity index (χ1) is 8.85. The lowest BCUT2D eigenvalue weighted by molar-refractivity contribution is 0.0692. The molecule has 1 aliphatic carbocycles. The van der Waals surface area contributed by atoms with Crippen molar-refractivity contribution in [2.24, 2.45) is 5.92 Å². The minimum Gasteiger partial charge on any atom is -0.478 e. The zero-order valence-corrected chi connectivity index (χ0v) is 11.3. The highest BCUT2D eigenvalue weighted by atomic mass is 32.2. The van der Waals surface area contributed by atoms with E-state index in [1.165, 1.54) is 12.1 Å². The lowest BCUT2D eigenvalue weighted by Gasteiger charge is -2.09. The quantitative estimate of drug-likeness (QED) is 0.700. The SMILES string of the molecule is CCC1CC1NS(=O)(=O)c1ccc(N)cc1C(=O)O. The number of aromatic carboxylic acids is 1. The van der Waals surface area contributed by atoms with Gasteiger partial charge in [-0.3, -0.25) is 0 Å². The molecule has 0 saturated heterocycles. The molecule has 1 aromatic rings. The summed E-state index contributed by atoms with van der Waals surface area (Å²) in [7, 11) is -3.82. The summed E-state index contributed by atoms with van der Waals surface area (Å²) in [6.45, 7) is 1.99. The van der Waals surface area contributed by atoms with E-state index in [-0.39, 0.29) is 22.2 Å². The molecule has 6 nitrogen and oxygen atoms in total. The predicted octanol–water partition coefficient (Wildman–Crippen LogP) is 1.04. The molecule has 1 fully saturated rings. The van der Waals surface area contributed by atoms with E-state index >= 15 is 0 Å². The van der Waals surface area contributed by atoms with Crippen LogP contribution in [0.2, 0.25) is 0 Å². The molecular weight excluding hydrogens is 268 g/mol. The summed E-state index contributed by atoms with van der Waals surface area (Å²) in [5, 5.41) is 9.05. The van der Waals surface area contributed by atoms with E-state index in [1.54, 1.807) is 0 Å². The molecule has 2 atom stereocenters. The maximum atomic E-state index is 12.2. The van der Waals surface area contributed by atoms with Crippen LogP contribution in [0.5, 0.6) is 0 Å². The summed E-state index contributed by atoms with van der Waals surface area (Å²) in [6.07, 6.45) is 1.70. The average molecular weight is 284 g/mol. The molecule has 0 heterocycles. The summed E-state index contributed by atoms with van der Waals surface area (Å²) in [5.41, 5.74) is 5.40. The molecule has 104 valence electrons. The molecular formula is C12H16N2O4S. The molecule has 19 heavy (non-hydrogen) atoms. The number of nitrogens with one attached hydrogen (secondary N) is 1. The largest absolute Gasteiger partial charge is 0.478 e. The maximum Gasteiger partial charge on any atom is 0.337 e. The summed E-state index contributed by atoms with van der Waals surface area (Å²) in [5.74, 6) is -0.965. The van der Waals surface area contributed by atoms with Gasteiger partial charge in [-0.2, -0.15) is 0 Å². The minimum absolute atomic E-state index is 0.0887. The van der Waals surface area contributed by atoms with Crippen LogP contribution < -0.4 is 10.5 Å². The highest BCUT2D eigenvalue weighted by Gasteiger charge is 2.39. The van der Waals surface area contributed by atoms with Gasteiger partial charge in [0.25, 0.3) is 0 Å². The monoisotopic (exact) mass is 284 g/mol. The molecule has 1 saturated carbocycles. The van der Waals surface area contributed by atoms with Crippen molar-refractivity contribution in [2.45, 2.75) is 30.7 Å². The van der Waals surface area contributed by atoms with Crippen molar-refractivity contribution in [1.29, 1.82) is 0 Å². The molecule has 0 bridgehead atoms. The van der Waals surface area contributed by atoms with Gasteiger partial charge in [-0.25, -0.2) is 17.9 Å². The Hall–Kier alpha value is -1.60. The van der Waals surface area contributed by atoms with Crippen molar-refractivity contribution in [3.8, 4) is 0 Å². The van der Waals surface area contributed by atoms with Crippen molar-refractivity contribution in [3.05, 3.63) is 23.8 Å². The van der Waals surface area contributed by atoms with Crippen LogP contribution in [0.4, 0.5) is 5.69 Å². The summed E-state index contributed by atoms with van der Waals surface area (Å²) in [6, 6.07) is 3.67. The van der Waals surface area contributed by atoms with Crippen LogP contribution in [0.1, 0.15) is 30.1 Å².